The minimum atomic E-state index is -0.660. The molecule has 0 saturated heterocycles. The van der Waals surface area contributed by atoms with Crippen LogP contribution < -0.4 is 5.43 Å². The Hall–Kier alpha value is -3.14. The van der Waals surface area contributed by atoms with Crippen molar-refractivity contribution in [3.63, 3.8) is 0 Å². The summed E-state index contributed by atoms with van der Waals surface area (Å²) >= 11 is 0. The number of aryl methyl sites for hydroxylation is 1. The standard InChI is InChI=1S/C20H16O4/c1-14-9-10-18-16(12-14)17(21)13-19(24-18)20(22)23-11-5-8-15-6-3-2-4-7-15/h2-10,12-13H,11H2,1H3/b8-5+. The van der Waals surface area contributed by atoms with Crippen LogP contribution in [0.15, 0.2) is 69.9 Å². The van der Waals surface area contributed by atoms with Crippen LogP contribution in [0.1, 0.15) is 21.7 Å². The minimum Gasteiger partial charge on any atom is -0.456 e. The third kappa shape index (κ3) is 3.60. The highest BCUT2D eigenvalue weighted by Gasteiger charge is 2.13. The van der Waals surface area contributed by atoms with Crippen LogP contribution in [0.3, 0.4) is 0 Å². The van der Waals surface area contributed by atoms with Crippen LogP contribution in [0.25, 0.3) is 17.0 Å². The number of ether oxygens (including phenoxy) is 1. The van der Waals surface area contributed by atoms with E-state index in [1.807, 2.05) is 49.4 Å². The van der Waals surface area contributed by atoms with E-state index < -0.39 is 5.97 Å². The van der Waals surface area contributed by atoms with Crippen molar-refractivity contribution in [1.82, 2.24) is 0 Å². The molecule has 3 aromatic rings. The maximum Gasteiger partial charge on any atom is 0.374 e. The lowest BCUT2D eigenvalue weighted by molar-refractivity contribution is 0.0514. The average molecular weight is 320 g/mol. The number of hydrogen-bond acceptors (Lipinski definition) is 4. The summed E-state index contributed by atoms with van der Waals surface area (Å²) in [6, 6.07) is 16.1. The van der Waals surface area contributed by atoms with Gasteiger partial charge in [0.15, 0.2) is 5.43 Å². The van der Waals surface area contributed by atoms with Crippen molar-refractivity contribution in [2.75, 3.05) is 6.61 Å². The summed E-state index contributed by atoms with van der Waals surface area (Å²) in [4.78, 5) is 24.1. The van der Waals surface area contributed by atoms with E-state index in [9.17, 15) is 9.59 Å². The summed E-state index contributed by atoms with van der Waals surface area (Å²) < 4.78 is 10.6. The Bertz CT molecular complexity index is 952. The molecule has 0 aliphatic heterocycles. The zero-order valence-corrected chi connectivity index (χ0v) is 13.2. The van der Waals surface area contributed by atoms with Gasteiger partial charge in [0.2, 0.25) is 5.76 Å². The molecule has 120 valence electrons. The van der Waals surface area contributed by atoms with E-state index in [0.717, 1.165) is 11.1 Å². The molecule has 0 N–H and O–H groups in total. The molecular formula is C20H16O4. The van der Waals surface area contributed by atoms with E-state index in [4.69, 9.17) is 9.15 Å². The van der Waals surface area contributed by atoms with Crippen molar-refractivity contribution in [1.29, 1.82) is 0 Å². The van der Waals surface area contributed by atoms with Gasteiger partial charge in [-0.25, -0.2) is 4.79 Å². The molecule has 0 amide bonds. The number of carbonyl (C=O) groups is 1. The molecule has 4 nitrogen and oxygen atoms in total. The number of benzene rings is 2. The molecule has 0 spiro atoms. The second kappa shape index (κ2) is 6.96. The van der Waals surface area contributed by atoms with E-state index in [0.29, 0.717) is 11.0 Å². The molecule has 24 heavy (non-hydrogen) atoms. The van der Waals surface area contributed by atoms with Crippen molar-refractivity contribution in [2.45, 2.75) is 6.92 Å². The first-order valence-corrected chi connectivity index (χ1v) is 7.57. The van der Waals surface area contributed by atoms with Crippen molar-refractivity contribution in [2.24, 2.45) is 0 Å². The summed E-state index contributed by atoms with van der Waals surface area (Å²) in [5.41, 5.74) is 2.09. The molecule has 0 unspecified atom stereocenters. The number of rotatable bonds is 4. The average Bonchev–Trinajstić information content (AvgIpc) is 2.60. The molecule has 0 radical (unpaired) electrons. The normalized spacial score (nSPS) is 11.0. The van der Waals surface area contributed by atoms with Crippen LogP contribution in [-0.2, 0) is 4.74 Å². The van der Waals surface area contributed by atoms with Crippen LogP contribution in [0.2, 0.25) is 0 Å². The number of esters is 1. The van der Waals surface area contributed by atoms with Gasteiger partial charge >= 0.3 is 5.97 Å². The summed E-state index contributed by atoms with van der Waals surface area (Å²) in [5, 5.41) is 0.454. The van der Waals surface area contributed by atoms with E-state index in [2.05, 4.69) is 0 Å². The molecule has 0 aliphatic carbocycles. The fourth-order valence-electron chi connectivity index (χ4n) is 2.31. The van der Waals surface area contributed by atoms with Crippen LogP contribution in [0, 0.1) is 6.92 Å². The van der Waals surface area contributed by atoms with Crippen molar-refractivity contribution in [3.05, 3.63) is 87.8 Å². The Balaban J connectivity index is 1.71. The first-order valence-electron chi connectivity index (χ1n) is 7.57. The highest BCUT2D eigenvalue weighted by Crippen LogP contribution is 2.14. The molecule has 0 aliphatic rings. The predicted octanol–water partition coefficient (Wildman–Crippen LogP) is 3.97. The minimum absolute atomic E-state index is 0.0931. The first-order chi connectivity index (χ1) is 11.6. The SMILES string of the molecule is Cc1ccc2oc(C(=O)OC/C=C/c3ccccc3)cc(=O)c2c1. The van der Waals surface area contributed by atoms with Gasteiger partial charge in [0, 0.05) is 6.07 Å². The Morgan fingerprint density at radius 1 is 1.12 bits per heavy atom. The quantitative estimate of drug-likeness (QED) is 0.683. The number of hydrogen-bond donors (Lipinski definition) is 0. The second-order valence-corrected chi connectivity index (χ2v) is 5.39. The molecule has 1 heterocycles. The Morgan fingerprint density at radius 2 is 1.92 bits per heavy atom. The molecule has 0 fully saturated rings. The van der Waals surface area contributed by atoms with Gasteiger partial charge in [0.1, 0.15) is 12.2 Å². The zero-order chi connectivity index (χ0) is 16.9. The maximum atomic E-state index is 12.1. The van der Waals surface area contributed by atoms with Gasteiger partial charge in [-0.1, -0.05) is 48.0 Å². The highest BCUT2D eigenvalue weighted by molar-refractivity contribution is 5.89. The van der Waals surface area contributed by atoms with Crippen LogP contribution in [0.5, 0.6) is 0 Å². The van der Waals surface area contributed by atoms with Crippen molar-refractivity contribution in [3.8, 4) is 0 Å². The number of fused-ring (bicyclic) bond motifs is 1. The van der Waals surface area contributed by atoms with Crippen LogP contribution >= 0.6 is 0 Å². The van der Waals surface area contributed by atoms with Gasteiger partial charge in [0.05, 0.1) is 5.39 Å². The lowest BCUT2D eigenvalue weighted by Gasteiger charge is -2.03. The molecule has 1 aromatic heterocycles. The summed E-state index contributed by atoms with van der Waals surface area (Å²) in [5.74, 6) is -0.753. The molecular weight excluding hydrogens is 304 g/mol. The summed E-state index contributed by atoms with van der Waals surface area (Å²) in [7, 11) is 0. The lowest BCUT2D eigenvalue weighted by atomic mass is 10.1. The van der Waals surface area contributed by atoms with E-state index >= 15 is 0 Å². The molecule has 2 aromatic carbocycles. The van der Waals surface area contributed by atoms with Gasteiger partial charge in [-0.2, -0.15) is 0 Å². The van der Waals surface area contributed by atoms with E-state index in [1.54, 1.807) is 18.2 Å². The highest BCUT2D eigenvalue weighted by atomic mass is 16.5. The third-order valence-corrected chi connectivity index (χ3v) is 3.50. The first kappa shape index (κ1) is 15.7. The smallest absolute Gasteiger partial charge is 0.374 e. The summed E-state index contributed by atoms with van der Waals surface area (Å²) in [6.45, 7) is 1.99. The third-order valence-electron chi connectivity index (χ3n) is 3.50. The van der Waals surface area contributed by atoms with Gasteiger partial charge in [-0.15, -0.1) is 0 Å². The maximum absolute atomic E-state index is 12.1. The Labute approximate surface area is 139 Å². The van der Waals surface area contributed by atoms with Gasteiger partial charge in [0.25, 0.3) is 0 Å². The van der Waals surface area contributed by atoms with Crippen LogP contribution in [0.4, 0.5) is 0 Å². The molecule has 0 saturated carbocycles. The van der Waals surface area contributed by atoms with Gasteiger partial charge in [-0.3, -0.25) is 4.79 Å². The largest absolute Gasteiger partial charge is 0.456 e. The van der Waals surface area contributed by atoms with Crippen molar-refractivity contribution < 1.29 is 13.9 Å². The molecule has 4 heteroatoms. The Kier molecular flexibility index (Phi) is 4.57. The second-order valence-electron chi connectivity index (χ2n) is 5.39. The molecule has 0 atom stereocenters. The topological polar surface area (TPSA) is 56.5 Å². The lowest BCUT2D eigenvalue weighted by Crippen LogP contribution is -2.10. The van der Waals surface area contributed by atoms with E-state index in [-0.39, 0.29) is 17.8 Å². The Morgan fingerprint density at radius 3 is 2.71 bits per heavy atom. The summed E-state index contributed by atoms with van der Waals surface area (Å²) in [6.07, 6.45) is 3.59. The zero-order valence-electron chi connectivity index (χ0n) is 13.2. The van der Waals surface area contributed by atoms with E-state index in [1.165, 1.54) is 6.07 Å². The molecule has 0 bridgehead atoms. The van der Waals surface area contributed by atoms with Gasteiger partial charge in [-0.05, 0) is 30.7 Å². The fourth-order valence-corrected chi connectivity index (χ4v) is 2.31. The number of carbonyl (C=O) groups excluding carboxylic acids is 1. The van der Waals surface area contributed by atoms with Crippen LogP contribution in [-0.4, -0.2) is 12.6 Å². The van der Waals surface area contributed by atoms with Gasteiger partial charge < -0.3 is 9.15 Å². The predicted molar refractivity (Wildman–Crippen MR) is 93.0 cm³/mol. The monoisotopic (exact) mass is 320 g/mol. The molecule has 3 rings (SSSR count). The van der Waals surface area contributed by atoms with Crippen molar-refractivity contribution >= 4 is 23.0 Å². The fraction of sp³-hybridized carbons (Fsp3) is 0.100.